The smallest absolute Gasteiger partial charge is 0.133 e. The summed E-state index contributed by atoms with van der Waals surface area (Å²) in [6.45, 7) is 2.12. The van der Waals surface area contributed by atoms with Crippen LogP contribution in [0.15, 0.2) is 16.6 Å². The zero-order chi connectivity index (χ0) is 12.5. The van der Waals surface area contributed by atoms with E-state index in [9.17, 15) is 0 Å². The molecule has 1 saturated carbocycles. The fourth-order valence-electron chi connectivity index (χ4n) is 2.80. The Morgan fingerprint density at radius 2 is 1.88 bits per heavy atom. The van der Waals surface area contributed by atoms with Crippen molar-refractivity contribution in [2.45, 2.75) is 44.6 Å². The molecule has 1 aliphatic carbocycles. The molecule has 1 aromatic carbocycles. The molecule has 1 fully saturated rings. The molecule has 94 valence electrons. The van der Waals surface area contributed by atoms with Crippen LogP contribution in [0.5, 0.6) is 5.75 Å². The Morgan fingerprint density at radius 3 is 2.47 bits per heavy atom. The van der Waals surface area contributed by atoms with Gasteiger partial charge in [0.05, 0.1) is 11.6 Å². The SMILES string of the molecule is COc1cc(C)c(C2(N)CCCCC2)cc1Br. The number of rotatable bonds is 2. The second kappa shape index (κ2) is 4.99. The molecule has 0 heterocycles. The first-order valence-corrected chi connectivity index (χ1v) is 6.99. The van der Waals surface area contributed by atoms with Gasteiger partial charge in [-0.05, 0) is 59.0 Å². The number of hydrogen-bond donors (Lipinski definition) is 1. The van der Waals surface area contributed by atoms with Crippen LogP contribution in [-0.2, 0) is 5.54 Å². The summed E-state index contributed by atoms with van der Waals surface area (Å²) in [5, 5.41) is 0. The van der Waals surface area contributed by atoms with E-state index < -0.39 is 0 Å². The number of aryl methyl sites for hydroxylation is 1. The fourth-order valence-corrected chi connectivity index (χ4v) is 3.31. The van der Waals surface area contributed by atoms with Crippen molar-refractivity contribution >= 4 is 15.9 Å². The van der Waals surface area contributed by atoms with Crippen molar-refractivity contribution in [3.63, 3.8) is 0 Å². The van der Waals surface area contributed by atoms with Crippen molar-refractivity contribution in [1.82, 2.24) is 0 Å². The van der Waals surface area contributed by atoms with Gasteiger partial charge in [-0.3, -0.25) is 0 Å². The Labute approximate surface area is 112 Å². The highest BCUT2D eigenvalue weighted by atomic mass is 79.9. The number of benzene rings is 1. The van der Waals surface area contributed by atoms with Crippen molar-refractivity contribution in [1.29, 1.82) is 0 Å². The minimum Gasteiger partial charge on any atom is -0.496 e. The minimum absolute atomic E-state index is 0.142. The monoisotopic (exact) mass is 297 g/mol. The van der Waals surface area contributed by atoms with Gasteiger partial charge < -0.3 is 10.5 Å². The second-order valence-electron chi connectivity index (χ2n) is 5.02. The molecule has 2 nitrogen and oxygen atoms in total. The summed E-state index contributed by atoms with van der Waals surface area (Å²) in [4.78, 5) is 0. The molecule has 2 rings (SSSR count). The van der Waals surface area contributed by atoms with Crippen LogP contribution in [-0.4, -0.2) is 7.11 Å². The maximum Gasteiger partial charge on any atom is 0.133 e. The number of halogens is 1. The standard InChI is InChI=1S/C14H20BrNO/c1-10-8-13(17-2)12(15)9-11(10)14(16)6-4-3-5-7-14/h8-9H,3-7,16H2,1-2H3. The summed E-state index contributed by atoms with van der Waals surface area (Å²) in [6, 6.07) is 4.21. The normalized spacial score (nSPS) is 19.1. The molecule has 0 unspecified atom stereocenters. The van der Waals surface area contributed by atoms with Crippen LogP contribution in [0.2, 0.25) is 0 Å². The molecule has 0 aromatic heterocycles. The molecule has 0 saturated heterocycles. The average Bonchev–Trinajstić information content (AvgIpc) is 2.32. The van der Waals surface area contributed by atoms with Crippen LogP contribution >= 0.6 is 15.9 Å². The molecule has 0 aliphatic heterocycles. The van der Waals surface area contributed by atoms with Gasteiger partial charge in [0, 0.05) is 5.54 Å². The topological polar surface area (TPSA) is 35.2 Å². The molecule has 17 heavy (non-hydrogen) atoms. The van der Waals surface area contributed by atoms with Crippen molar-refractivity contribution in [3.05, 3.63) is 27.7 Å². The lowest BCUT2D eigenvalue weighted by Gasteiger charge is -2.35. The number of nitrogens with two attached hydrogens (primary N) is 1. The van der Waals surface area contributed by atoms with Gasteiger partial charge in [0.2, 0.25) is 0 Å². The number of ether oxygens (including phenoxy) is 1. The van der Waals surface area contributed by atoms with Crippen molar-refractivity contribution in [2.75, 3.05) is 7.11 Å². The Kier molecular flexibility index (Phi) is 3.79. The first-order chi connectivity index (χ1) is 8.07. The van der Waals surface area contributed by atoms with Gasteiger partial charge in [-0.15, -0.1) is 0 Å². The van der Waals surface area contributed by atoms with E-state index in [1.165, 1.54) is 30.4 Å². The van der Waals surface area contributed by atoms with E-state index >= 15 is 0 Å². The van der Waals surface area contributed by atoms with Crippen molar-refractivity contribution in [2.24, 2.45) is 5.73 Å². The molecule has 2 N–H and O–H groups in total. The first kappa shape index (κ1) is 12.9. The average molecular weight is 298 g/mol. The maximum atomic E-state index is 6.58. The highest BCUT2D eigenvalue weighted by Gasteiger charge is 2.31. The lowest BCUT2D eigenvalue weighted by atomic mass is 9.76. The zero-order valence-corrected chi connectivity index (χ0v) is 12.1. The van der Waals surface area contributed by atoms with E-state index in [1.807, 2.05) is 0 Å². The van der Waals surface area contributed by atoms with Crippen LogP contribution in [0.1, 0.15) is 43.2 Å². The molecular formula is C14H20BrNO. The van der Waals surface area contributed by atoms with Gasteiger partial charge in [0.25, 0.3) is 0 Å². The Morgan fingerprint density at radius 1 is 1.24 bits per heavy atom. The van der Waals surface area contributed by atoms with Crippen LogP contribution in [0.3, 0.4) is 0 Å². The molecule has 0 bridgehead atoms. The lowest BCUT2D eigenvalue weighted by molar-refractivity contribution is 0.300. The molecule has 0 atom stereocenters. The van der Waals surface area contributed by atoms with Gasteiger partial charge in [0.15, 0.2) is 0 Å². The minimum atomic E-state index is -0.142. The van der Waals surface area contributed by atoms with Gasteiger partial charge in [-0.25, -0.2) is 0 Å². The van der Waals surface area contributed by atoms with E-state index in [1.54, 1.807) is 7.11 Å². The highest BCUT2D eigenvalue weighted by molar-refractivity contribution is 9.10. The van der Waals surface area contributed by atoms with Gasteiger partial charge in [-0.2, -0.15) is 0 Å². The molecule has 0 spiro atoms. The van der Waals surface area contributed by atoms with Crippen LogP contribution in [0, 0.1) is 6.92 Å². The molecular weight excluding hydrogens is 278 g/mol. The zero-order valence-electron chi connectivity index (χ0n) is 10.6. The predicted octanol–water partition coefficient (Wildman–Crippen LogP) is 3.88. The quantitative estimate of drug-likeness (QED) is 0.899. The van der Waals surface area contributed by atoms with E-state index in [0.717, 1.165) is 23.1 Å². The highest BCUT2D eigenvalue weighted by Crippen LogP contribution is 2.39. The van der Waals surface area contributed by atoms with Gasteiger partial charge in [-0.1, -0.05) is 19.3 Å². The van der Waals surface area contributed by atoms with Crippen molar-refractivity contribution < 1.29 is 4.74 Å². The van der Waals surface area contributed by atoms with Crippen LogP contribution in [0.4, 0.5) is 0 Å². The third-order valence-corrected chi connectivity index (χ3v) is 4.40. The third-order valence-electron chi connectivity index (χ3n) is 3.78. The van der Waals surface area contributed by atoms with Crippen LogP contribution < -0.4 is 10.5 Å². The Balaban J connectivity index is 2.41. The summed E-state index contributed by atoms with van der Waals surface area (Å²) in [6.07, 6.45) is 5.97. The Bertz CT molecular complexity index is 411. The second-order valence-corrected chi connectivity index (χ2v) is 5.87. The summed E-state index contributed by atoms with van der Waals surface area (Å²) < 4.78 is 6.31. The molecule has 1 aliphatic rings. The number of hydrogen-bond acceptors (Lipinski definition) is 2. The van der Waals surface area contributed by atoms with E-state index in [4.69, 9.17) is 10.5 Å². The van der Waals surface area contributed by atoms with Crippen LogP contribution in [0.25, 0.3) is 0 Å². The van der Waals surface area contributed by atoms with E-state index in [0.29, 0.717) is 0 Å². The third kappa shape index (κ3) is 2.50. The molecule has 3 heteroatoms. The first-order valence-electron chi connectivity index (χ1n) is 6.20. The summed E-state index contributed by atoms with van der Waals surface area (Å²) in [7, 11) is 1.69. The van der Waals surface area contributed by atoms with Gasteiger partial charge in [0.1, 0.15) is 5.75 Å². The number of methoxy groups -OCH3 is 1. The predicted molar refractivity (Wildman–Crippen MR) is 74.4 cm³/mol. The van der Waals surface area contributed by atoms with Crippen molar-refractivity contribution in [3.8, 4) is 5.75 Å². The maximum absolute atomic E-state index is 6.58. The Hall–Kier alpha value is -0.540. The summed E-state index contributed by atoms with van der Waals surface area (Å²) >= 11 is 3.55. The van der Waals surface area contributed by atoms with E-state index in [-0.39, 0.29) is 5.54 Å². The lowest BCUT2D eigenvalue weighted by Crippen LogP contribution is -2.39. The van der Waals surface area contributed by atoms with E-state index in [2.05, 4.69) is 35.0 Å². The summed E-state index contributed by atoms with van der Waals surface area (Å²) in [5.41, 5.74) is 8.94. The fraction of sp³-hybridized carbons (Fsp3) is 0.571. The largest absolute Gasteiger partial charge is 0.496 e. The summed E-state index contributed by atoms with van der Waals surface area (Å²) in [5.74, 6) is 0.880. The molecule has 0 radical (unpaired) electrons. The molecule has 0 amide bonds. The van der Waals surface area contributed by atoms with Gasteiger partial charge >= 0.3 is 0 Å². The molecule has 1 aromatic rings.